The normalized spacial score (nSPS) is 12.7. The van der Waals surface area contributed by atoms with Crippen molar-refractivity contribution < 1.29 is 0 Å². The minimum atomic E-state index is -0.251. The van der Waals surface area contributed by atoms with Crippen LogP contribution < -0.4 is 0 Å². The Balaban J connectivity index is 1.80. The Morgan fingerprint density at radius 3 is 2.25 bits per heavy atom. The molecule has 0 radical (unpaired) electrons. The van der Waals surface area contributed by atoms with Gasteiger partial charge in [-0.25, -0.2) is 4.68 Å². The third kappa shape index (κ3) is 2.82. The first-order chi connectivity index (χ1) is 11.9. The second kappa shape index (κ2) is 6.46. The van der Waals surface area contributed by atoms with Crippen molar-refractivity contribution in [3.05, 3.63) is 96.1 Å². The van der Waals surface area contributed by atoms with Gasteiger partial charge in [-0.05, 0) is 23.3 Å². The summed E-state index contributed by atoms with van der Waals surface area (Å²) in [6, 6.07) is 28.1. The Kier molecular flexibility index (Phi) is 3.86. The van der Waals surface area contributed by atoms with Crippen molar-refractivity contribution in [2.75, 3.05) is 0 Å². The van der Waals surface area contributed by atoms with Crippen LogP contribution in [0, 0.1) is 0 Å². The lowest BCUT2D eigenvalue weighted by atomic mass is 10.1. The van der Waals surface area contributed by atoms with Crippen LogP contribution in [-0.2, 0) is 0 Å². The maximum Gasteiger partial charge on any atom is 0.169 e. The molecule has 0 saturated heterocycles. The summed E-state index contributed by atoms with van der Waals surface area (Å²) < 4.78 is 1.87. The topological polar surface area (TPSA) is 43.1 Å². The average molecular weight is 312 g/mol. The lowest BCUT2D eigenvalue weighted by Gasteiger charge is -2.14. The number of para-hydroxylation sites is 1. The lowest BCUT2D eigenvalue weighted by molar-refractivity contribution is 0.543. The number of aromatic nitrogens is 3. The van der Waals surface area contributed by atoms with Gasteiger partial charge in [0.15, 0.2) is 6.17 Å². The molecular formula is C20H16N4. The molecule has 1 atom stereocenters. The van der Waals surface area contributed by atoms with Gasteiger partial charge >= 0.3 is 0 Å². The molecule has 4 rings (SSSR count). The quantitative estimate of drug-likeness (QED) is 0.533. The van der Waals surface area contributed by atoms with Gasteiger partial charge in [-0.1, -0.05) is 78.0 Å². The van der Waals surface area contributed by atoms with Crippen LogP contribution in [0.5, 0.6) is 0 Å². The van der Waals surface area contributed by atoms with Crippen LogP contribution >= 0.6 is 0 Å². The van der Waals surface area contributed by atoms with Gasteiger partial charge in [0.05, 0.1) is 5.52 Å². The number of hydrogen-bond donors (Lipinski definition) is 0. The highest BCUT2D eigenvalue weighted by Gasteiger charge is 2.15. The third-order valence-electron chi connectivity index (χ3n) is 3.87. The monoisotopic (exact) mass is 312 g/mol. The Hall–Kier alpha value is -3.27. The summed E-state index contributed by atoms with van der Waals surface area (Å²) in [5.41, 5.74) is 3.97. The molecule has 0 aliphatic carbocycles. The molecule has 4 aromatic rings. The Labute approximate surface area is 140 Å². The van der Waals surface area contributed by atoms with Crippen molar-refractivity contribution in [3.63, 3.8) is 0 Å². The van der Waals surface area contributed by atoms with E-state index in [2.05, 4.69) is 22.4 Å². The van der Waals surface area contributed by atoms with Crippen molar-refractivity contribution in [1.29, 1.82) is 0 Å². The largest absolute Gasteiger partial charge is 0.261 e. The zero-order valence-corrected chi connectivity index (χ0v) is 13.0. The molecule has 0 fully saturated rings. The first kappa shape index (κ1) is 14.3. The Morgan fingerprint density at radius 2 is 1.46 bits per heavy atom. The number of hydrogen-bond acceptors (Lipinski definition) is 3. The van der Waals surface area contributed by atoms with Crippen molar-refractivity contribution in [3.8, 4) is 0 Å². The van der Waals surface area contributed by atoms with Gasteiger partial charge in [-0.2, -0.15) is 0 Å². The second-order valence-electron chi connectivity index (χ2n) is 5.50. The summed E-state index contributed by atoms with van der Waals surface area (Å²) in [6.45, 7) is 0. The summed E-state index contributed by atoms with van der Waals surface area (Å²) >= 11 is 0. The van der Waals surface area contributed by atoms with E-state index < -0.39 is 0 Å². The van der Waals surface area contributed by atoms with Crippen LogP contribution in [0.4, 0.5) is 0 Å². The zero-order chi connectivity index (χ0) is 16.2. The standard InChI is InChI=1S/C20H16N4/c1-3-9-16(10-4-1)15-21-20(17-11-5-2-6-12-17)24-19-14-8-7-13-18(19)22-23-24/h1-15,20H/t20-/m1/s1. The molecular weight excluding hydrogens is 296 g/mol. The molecule has 0 aliphatic heterocycles. The predicted molar refractivity (Wildman–Crippen MR) is 96.1 cm³/mol. The van der Waals surface area contributed by atoms with Crippen molar-refractivity contribution in [2.24, 2.45) is 4.99 Å². The fourth-order valence-electron chi connectivity index (χ4n) is 2.68. The highest BCUT2D eigenvalue weighted by Crippen LogP contribution is 2.23. The third-order valence-corrected chi connectivity index (χ3v) is 3.87. The molecule has 1 heterocycles. The fraction of sp³-hybridized carbons (Fsp3) is 0.0500. The van der Waals surface area contributed by atoms with Crippen LogP contribution in [0.2, 0.25) is 0 Å². The van der Waals surface area contributed by atoms with Gasteiger partial charge < -0.3 is 0 Å². The van der Waals surface area contributed by atoms with E-state index in [1.165, 1.54) is 0 Å². The summed E-state index contributed by atoms with van der Waals surface area (Å²) in [6.07, 6.45) is 1.63. The highest BCUT2D eigenvalue weighted by molar-refractivity contribution is 5.80. The molecule has 4 nitrogen and oxygen atoms in total. The summed E-state index contributed by atoms with van der Waals surface area (Å²) in [5.74, 6) is 0. The van der Waals surface area contributed by atoms with Gasteiger partial charge in [0.1, 0.15) is 5.52 Å². The molecule has 0 bridgehead atoms. The molecule has 116 valence electrons. The second-order valence-corrected chi connectivity index (χ2v) is 5.50. The number of benzene rings is 3. The van der Waals surface area contributed by atoms with E-state index in [1.54, 1.807) is 0 Å². The van der Waals surface area contributed by atoms with Crippen LogP contribution in [0.3, 0.4) is 0 Å². The molecule has 0 amide bonds. The Bertz CT molecular complexity index is 959. The summed E-state index contributed by atoms with van der Waals surface area (Å²) in [7, 11) is 0. The molecule has 0 N–H and O–H groups in total. The highest BCUT2D eigenvalue weighted by atomic mass is 15.5. The van der Waals surface area contributed by atoms with Gasteiger partial charge in [0.2, 0.25) is 0 Å². The molecule has 3 aromatic carbocycles. The van der Waals surface area contributed by atoms with Crippen molar-refractivity contribution in [2.45, 2.75) is 6.17 Å². The van der Waals surface area contributed by atoms with Gasteiger partial charge in [0.25, 0.3) is 0 Å². The summed E-state index contributed by atoms with van der Waals surface area (Å²) in [4.78, 5) is 4.79. The predicted octanol–water partition coefficient (Wildman–Crippen LogP) is 4.10. The number of rotatable bonds is 4. The number of fused-ring (bicyclic) bond motifs is 1. The fourth-order valence-corrected chi connectivity index (χ4v) is 2.68. The van der Waals surface area contributed by atoms with Crippen LogP contribution in [0.1, 0.15) is 17.3 Å². The molecule has 0 unspecified atom stereocenters. The van der Waals surface area contributed by atoms with Crippen molar-refractivity contribution in [1.82, 2.24) is 15.0 Å². The maximum absolute atomic E-state index is 4.79. The van der Waals surface area contributed by atoms with Crippen LogP contribution in [-0.4, -0.2) is 21.2 Å². The first-order valence-electron chi connectivity index (χ1n) is 7.85. The van der Waals surface area contributed by atoms with E-state index in [0.29, 0.717) is 0 Å². The van der Waals surface area contributed by atoms with E-state index in [9.17, 15) is 0 Å². The van der Waals surface area contributed by atoms with Crippen LogP contribution in [0.15, 0.2) is 89.9 Å². The lowest BCUT2D eigenvalue weighted by Crippen LogP contribution is -2.10. The smallest absolute Gasteiger partial charge is 0.169 e. The van der Waals surface area contributed by atoms with Crippen molar-refractivity contribution >= 4 is 17.2 Å². The molecule has 4 heteroatoms. The Morgan fingerprint density at radius 1 is 0.792 bits per heavy atom. The van der Waals surface area contributed by atoms with E-state index in [-0.39, 0.29) is 6.17 Å². The van der Waals surface area contributed by atoms with Crippen LogP contribution in [0.25, 0.3) is 11.0 Å². The molecule has 0 saturated carbocycles. The van der Waals surface area contributed by atoms with E-state index in [4.69, 9.17) is 4.99 Å². The molecule has 0 aliphatic rings. The zero-order valence-electron chi connectivity index (χ0n) is 13.0. The van der Waals surface area contributed by atoms with E-state index >= 15 is 0 Å². The minimum Gasteiger partial charge on any atom is -0.261 e. The number of nitrogens with zero attached hydrogens (tertiary/aromatic N) is 4. The molecule has 0 spiro atoms. The average Bonchev–Trinajstić information content (AvgIpc) is 3.08. The maximum atomic E-state index is 4.79. The molecule has 24 heavy (non-hydrogen) atoms. The molecule has 1 aromatic heterocycles. The summed E-state index contributed by atoms with van der Waals surface area (Å²) in [5, 5.41) is 8.60. The van der Waals surface area contributed by atoms with Gasteiger partial charge in [-0.3, -0.25) is 4.99 Å². The first-order valence-corrected chi connectivity index (χ1v) is 7.85. The van der Waals surface area contributed by atoms with E-state index in [0.717, 1.165) is 22.2 Å². The minimum absolute atomic E-state index is 0.251. The van der Waals surface area contributed by atoms with E-state index in [1.807, 2.05) is 83.7 Å². The van der Waals surface area contributed by atoms with Gasteiger partial charge in [-0.15, -0.1) is 5.10 Å². The SMILES string of the molecule is C(=N[C@@H](c1ccccc1)n1nnc2ccccc21)c1ccccc1. The number of aliphatic imine (C=N–C) groups is 1. The van der Waals surface area contributed by atoms with Gasteiger partial charge in [0, 0.05) is 6.21 Å².